The standard InChI is InChI=1S/C17H24N2O2.C8H18O4S/c1-3-4-8-13-21-17(20)14-19(12-11-18(2)15-19)16-9-6-5-7-10-16;1-2-3-4-5-6-7-8-12-13(9,10)11/h5-7,9-12,15H,3-4,8,13-14H2,1-2H3;2-8H2,1H3,(H,9,10,11)/q+2;/t19-;/m0./s1. The molecule has 1 aliphatic rings. The van der Waals surface area contributed by atoms with Gasteiger partial charge in [-0.25, -0.2) is 8.98 Å². The fraction of sp³-hybridized carbons (Fsp3) is 0.600. The summed E-state index contributed by atoms with van der Waals surface area (Å²) in [7, 11) is -2.26. The number of hydrogen-bond acceptors (Lipinski definition) is 5. The van der Waals surface area contributed by atoms with E-state index in [1.54, 1.807) is 0 Å². The van der Waals surface area contributed by atoms with Gasteiger partial charge in [-0.2, -0.15) is 17.5 Å². The average molecular weight is 499 g/mol. The number of rotatable bonds is 15. The Hall–Kier alpha value is -2.07. The van der Waals surface area contributed by atoms with Crippen molar-refractivity contribution in [3.63, 3.8) is 0 Å². The topological polar surface area (TPSA) is 92.9 Å². The summed E-state index contributed by atoms with van der Waals surface area (Å²) in [6.45, 7) is 5.17. The molecule has 1 aromatic carbocycles. The Morgan fingerprint density at radius 3 is 2.12 bits per heavy atom. The minimum absolute atomic E-state index is 0.0883. The fourth-order valence-electron chi connectivity index (χ4n) is 3.51. The first-order valence-electron chi connectivity index (χ1n) is 12.2. The summed E-state index contributed by atoms with van der Waals surface area (Å²) < 4.78 is 40.3. The summed E-state index contributed by atoms with van der Waals surface area (Å²) in [5.41, 5.74) is 1.06. The van der Waals surface area contributed by atoms with Crippen LogP contribution in [-0.4, -0.2) is 56.7 Å². The molecule has 2 rings (SSSR count). The second-order valence-electron chi connectivity index (χ2n) is 8.45. The minimum Gasteiger partial charge on any atom is -0.461 e. The van der Waals surface area contributed by atoms with Gasteiger partial charge >= 0.3 is 22.7 Å². The number of nitrogens with zero attached hydrogens (tertiary/aromatic N) is 2. The number of esters is 1. The van der Waals surface area contributed by atoms with Crippen molar-refractivity contribution in [3.05, 3.63) is 42.7 Å². The Balaban J connectivity index is 0.000000385. The highest BCUT2D eigenvalue weighted by Gasteiger charge is 2.38. The van der Waals surface area contributed by atoms with Crippen LogP contribution in [0.1, 0.15) is 71.6 Å². The SMILES string of the molecule is CCCCCCCCOS(=O)(=O)O.CCCCCOC(=O)C[N@@+]1(c2ccccc2)C=C[N+](C)=C1. The Morgan fingerprint density at radius 2 is 1.53 bits per heavy atom. The van der Waals surface area contributed by atoms with Crippen molar-refractivity contribution in [2.75, 3.05) is 26.8 Å². The van der Waals surface area contributed by atoms with Gasteiger partial charge < -0.3 is 4.74 Å². The summed E-state index contributed by atoms with van der Waals surface area (Å²) >= 11 is 0. The zero-order chi connectivity index (χ0) is 25.3. The van der Waals surface area contributed by atoms with Gasteiger partial charge in [-0.15, -0.1) is 0 Å². The van der Waals surface area contributed by atoms with Crippen LogP contribution in [0.4, 0.5) is 5.69 Å². The van der Waals surface area contributed by atoms with Crippen LogP contribution < -0.4 is 4.48 Å². The number of ether oxygens (including phenoxy) is 1. The van der Waals surface area contributed by atoms with E-state index in [9.17, 15) is 13.2 Å². The maximum absolute atomic E-state index is 12.1. The zero-order valence-corrected chi connectivity index (χ0v) is 21.7. The molecule has 1 atom stereocenters. The smallest absolute Gasteiger partial charge is 0.397 e. The Morgan fingerprint density at radius 1 is 0.941 bits per heavy atom. The molecule has 0 saturated heterocycles. The molecule has 34 heavy (non-hydrogen) atoms. The van der Waals surface area contributed by atoms with Gasteiger partial charge in [-0.1, -0.05) is 77.0 Å². The average Bonchev–Trinajstić information content (AvgIpc) is 3.18. The highest BCUT2D eigenvalue weighted by Crippen LogP contribution is 2.24. The van der Waals surface area contributed by atoms with Crippen LogP contribution in [0.2, 0.25) is 0 Å². The molecular formula is C25H42N2O6S+2. The molecule has 0 saturated carbocycles. The van der Waals surface area contributed by atoms with Crippen molar-refractivity contribution in [1.29, 1.82) is 0 Å². The highest BCUT2D eigenvalue weighted by molar-refractivity contribution is 7.80. The lowest BCUT2D eigenvalue weighted by atomic mass is 10.1. The first kappa shape index (κ1) is 30.0. The Kier molecular flexibility index (Phi) is 14.6. The Bertz CT molecular complexity index is 871. The number of carbonyl (C=O) groups is 1. The number of quaternary nitrogens is 1. The van der Waals surface area contributed by atoms with Crippen LogP contribution in [0, 0.1) is 0 Å². The second-order valence-corrected chi connectivity index (χ2v) is 9.54. The van der Waals surface area contributed by atoms with Gasteiger partial charge in [0.05, 0.1) is 13.2 Å². The van der Waals surface area contributed by atoms with Gasteiger partial charge in [0.25, 0.3) is 0 Å². The van der Waals surface area contributed by atoms with Crippen molar-refractivity contribution < 1.29 is 31.3 Å². The summed E-state index contributed by atoms with van der Waals surface area (Å²) in [6, 6.07) is 10.0. The zero-order valence-electron chi connectivity index (χ0n) is 20.9. The van der Waals surface area contributed by atoms with Crippen LogP contribution in [-0.2, 0) is 24.1 Å². The maximum Gasteiger partial charge on any atom is 0.397 e. The van der Waals surface area contributed by atoms with Crippen LogP contribution >= 0.6 is 0 Å². The van der Waals surface area contributed by atoms with E-state index in [-0.39, 0.29) is 19.1 Å². The number of carbonyl (C=O) groups excluding carboxylic acids is 1. The summed E-state index contributed by atoms with van der Waals surface area (Å²) in [6.07, 6.45) is 15.5. The van der Waals surface area contributed by atoms with Crippen molar-refractivity contribution in [2.24, 2.45) is 0 Å². The maximum atomic E-state index is 12.1. The second kappa shape index (κ2) is 16.5. The molecule has 9 heteroatoms. The van der Waals surface area contributed by atoms with Crippen LogP contribution in [0.15, 0.2) is 42.7 Å². The van der Waals surface area contributed by atoms with Crippen molar-refractivity contribution in [2.45, 2.75) is 71.6 Å². The van der Waals surface area contributed by atoms with E-state index in [1.165, 1.54) is 19.3 Å². The van der Waals surface area contributed by atoms with Gasteiger partial charge in [-0.05, 0) is 12.8 Å². The number of para-hydroxylation sites is 1. The van der Waals surface area contributed by atoms with Gasteiger partial charge in [0.2, 0.25) is 6.20 Å². The van der Waals surface area contributed by atoms with Crippen molar-refractivity contribution in [1.82, 2.24) is 4.48 Å². The monoisotopic (exact) mass is 498 g/mol. The van der Waals surface area contributed by atoms with Crippen LogP contribution in [0.5, 0.6) is 0 Å². The molecule has 8 nitrogen and oxygen atoms in total. The third kappa shape index (κ3) is 13.0. The minimum atomic E-state index is -4.22. The molecule has 192 valence electrons. The fourth-order valence-corrected chi connectivity index (χ4v) is 3.84. The Labute approximate surface area is 205 Å². The molecule has 0 aliphatic carbocycles. The van der Waals surface area contributed by atoms with Gasteiger partial charge in [0.15, 0.2) is 12.7 Å². The van der Waals surface area contributed by atoms with E-state index < -0.39 is 10.4 Å². The predicted molar refractivity (Wildman–Crippen MR) is 136 cm³/mol. The first-order chi connectivity index (χ1) is 16.2. The summed E-state index contributed by atoms with van der Waals surface area (Å²) in [5.74, 6) is -0.161. The molecule has 0 aromatic heterocycles. The number of unbranched alkanes of at least 4 members (excludes halogenated alkanes) is 7. The van der Waals surface area contributed by atoms with Crippen molar-refractivity contribution >= 4 is 28.4 Å². The van der Waals surface area contributed by atoms with Crippen molar-refractivity contribution in [3.8, 4) is 0 Å². The first-order valence-corrected chi connectivity index (χ1v) is 13.6. The lowest BCUT2D eigenvalue weighted by Crippen LogP contribution is -2.46. The molecule has 1 heterocycles. The largest absolute Gasteiger partial charge is 0.461 e. The number of benzene rings is 1. The molecular weight excluding hydrogens is 456 g/mol. The van der Waals surface area contributed by atoms with Gasteiger partial charge in [-0.3, -0.25) is 4.55 Å². The molecule has 0 spiro atoms. The van der Waals surface area contributed by atoms with E-state index in [1.807, 2.05) is 60.7 Å². The lowest BCUT2D eigenvalue weighted by Gasteiger charge is -2.22. The van der Waals surface area contributed by atoms with Crippen LogP contribution in [0.25, 0.3) is 0 Å². The predicted octanol–water partition coefficient (Wildman–Crippen LogP) is 5.05. The molecule has 0 amide bonds. The molecule has 1 aromatic rings. The van der Waals surface area contributed by atoms with E-state index in [0.717, 1.165) is 37.8 Å². The third-order valence-corrected chi connectivity index (χ3v) is 5.79. The molecule has 0 unspecified atom stereocenters. The molecule has 0 bridgehead atoms. The van der Waals surface area contributed by atoms with E-state index in [4.69, 9.17) is 9.29 Å². The molecule has 1 N–H and O–H groups in total. The van der Waals surface area contributed by atoms with Gasteiger partial charge in [0.1, 0.15) is 12.7 Å². The van der Waals surface area contributed by atoms with E-state index >= 15 is 0 Å². The molecule has 0 radical (unpaired) electrons. The van der Waals surface area contributed by atoms with E-state index in [0.29, 0.717) is 17.5 Å². The van der Waals surface area contributed by atoms with Crippen LogP contribution in [0.3, 0.4) is 0 Å². The van der Waals surface area contributed by atoms with Gasteiger partial charge in [0, 0.05) is 12.1 Å². The summed E-state index contributed by atoms with van der Waals surface area (Å²) in [5, 5.41) is 0. The quantitative estimate of drug-likeness (QED) is 0.120. The lowest BCUT2D eigenvalue weighted by molar-refractivity contribution is -0.415. The normalized spacial score (nSPS) is 17.1. The van der Waals surface area contributed by atoms with E-state index in [2.05, 4.69) is 18.0 Å². The molecule has 0 fully saturated rings. The third-order valence-electron chi connectivity index (χ3n) is 5.32. The highest BCUT2D eigenvalue weighted by atomic mass is 32.3. The number of hydrogen-bond donors (Lipinski definition) is 1. The molecule has 1 aliphatic heterocycles. The summed E-state index contributed by atoms with van der Waals surface area (Å²) in [4.78, 5) is 12.1.